The van der Waals surface area contributed by atoms with E-state index in [9.17, 15) is 4.57 Å². The van der Waals surface area contributed by atoms with Crippen molar-refractivity contribution >= 4 is 68.2 Å². The van der Waals surface area contributed by atoms with Gasteiger partial charge < -0.3 is 29.7 Å². The third kappa shape index (κ3) is 6.32. The monoisotopic (exact) mass is 705 g/mol. The fourth-order valence-electron chi connectivity index (χ4n) is 7.01. The molecule has 1 unspecified atom stereocenters. The van der Waals surface area contributed by atoms with E-state index in [1.165, 1.54) is 25.9 Å². The lowest BCUT2D eigenvalue weighted by atomic mass is 9.99. The molecule has 2 fully saturated rings. The van der Waals surface area contributed by atoms with E-state index in [1.807, 2.05) is 18.2 Å². The normalized spacial score (nSPS) is 19.5. The molecule has 1 atom stereocenters. The Morgan fingerprint density at radius 2 is 1.78 bits per heavy atom. The van der Waals surface area contributed by atoms with Crippen molar-refractivity contribution in [3.63, 3.8) is 0 Å². The summed E-state index contributed by atoms with van der Waals surface area (Å²) in [5.74, 6) is 1.84. The van der Waals surface area contributed by atoms with Gasteiger partial charge in [-0.15, -0.1) is 0 Å². The van der Waals surface area contributed by atoms with Gasteiger partial charge in [0.05, 0.1) is 32.7 Å². The third-order valence-electron chi connectivity index (χ3n) is 9.37. The summed E-state index contributed by atoms with van der Waals surface area (Å²) in [4.78, 5) is 25.9. The van der Waals surface area contributed by atoms with Crippen LogP contribution in [0.4, 0.5) is 28.8 Å². The molecule has 0 radical (unpaired) electrons. The maximum absolute atomic E-state index is 13.4. The molecular formula is C33H41BrN9O2P. The predicted molar refractivity (Wildman–Crippen MR) is 189 cm³/mol. The van der Waals surface area contributed by atoms with Gasteiger partial charge in [0.25, 0.3) is 0 Å². The van der Waals surface area contributed by atoms with Gasteiger partial charge in [-0.1, -0.05) is 0 Å². The highest BCUT2D eigenvalue weighted by Crippen LogP contribution is 2.42. The molecule has 5 heterocycles. The number of piperidine rings is 1. The minimum absolute atomic E-state index is 0.360. The Balaban J connectivity index is 1.05. The first-order chi connectivity index (χ1) is 22.1. The Bertz CT molecular complexity index is 1790. The van der Waals surface area contributed by atoms with Gasteiger partial charge in [0.2, 0.25) is 5.95 Å². The van der Waals surface area contributed by atoms with Crippen molar-refractivity contribution in [3.05, 3.63) is 53.4 Å². The van der Waals surface area contributed by atoms with E-state index in [2.05, 4.69) is 82.2 Å². The maximum atomic E-state index is 13.4. The Labute approximate surface area is 278 Å². The van der Waals surface area contributed by atoms with E-state index in [1.54, 1.807) is 31.9 Å². The van der Waals surface area contributed by atoms with Gasteiger partial charge in [0.15, 0.2) is 0 Å². The zero-order valence-corrected chi connectivity index (χ0v) is 29.3. The zero-order chi connectivity index (χ0) is 32.0. The SMILES string of the molecule is CC(C)N1CCC(N2CCN3c4ccc(Nc5ncc(Br)c(Nc6ccc7nccnc7c6P(C)(C)=O)n5)cc4OCC3C2)CC1. The summed E-state index contributed by atoms with van der Waals surface area (Å²) < 4.78 is 20.4. The Morgan fingerprint density at radius 1 is 0.978 bits per heavy atom. The average Bonchev–Trinajstić information content (AvgIpc) is 3.05. The first-order valence-corrected chi connectivity index (χ1v) is 19.4. The minimum atomic E-state index is -2.72. The van der Waals surface area contributed by atoms with Crippen molar-refractivity contribution in [2.75, 3.05) is 68.2 Å². The second kappa shape index (κ2) is 12.7. The number of fused-ring (bicyclic) bond motifs is 4. The van der Waals surface area contributed by atoms with Gasteiger partial charge in [0.1, 0.15) is 30.8 Å². The van der Waals surface area contributed by atoms with Gasteiger partial charge in [0, 0.05) is 62.1 Å². The molecule has 2 aromatic carbocycles. The van der Waals surface area contributed by atoms with Crippen molar-refractivity contribution < 1.29 is 9.30 Å². The van der Waals surface area contributed by atoms with Crippen LogP contribution in [0.5, 0.6) is 5.75 Å². The number of hydrogen-bond acceptors (Lipinski definition) is 11. The van der Waals surface area contributed by atoms with Crippen molar-refractivity contribution in [1.82, 2.24) is 29.7 Å². The first kappa shape index (κ1) is 31.3. The molecule has 0 bridgehead atoms. The van der Waals surface area contributed by atoms with Crippen LogP contribution >= 0.6 is 23.1 Å². The molecule has 13 heteroatoms. The van der Waals surface area contributed by atoms with Gasteiger partial charge in [-0.2, -0.15) is 4.98 Å². The molecular weight excluding hydrogens is 665 g/mol. The van der Waals surface area contributed by atoms with Crippen LogP contribution in [-0.2, 0) is 4.57 Å². The lowest BCUT2D eigenvalue weighted by molar-refractivity contribution is 0.0692. The van der Waals surface area contributed by atoms with E-state index in [4.69, 9.17) is 9.72 Å². The quantitative estimate of drug-likeness (QED) is 0.232. The molecule has 242 valence electrons. The van der Waals surface area contributed by atoms with Crippen molar-refractivity contribution in [2.45, 2.75) is 44.8 Å². The van der Waals surface area contributed by atoms with Crippen molar-refractivity contribution in [2.24, 2.45) is 0 Å². The number of halogens is 1. The lowest BCUT2D eigenvalue weighted by Gasteiger charge is -2.49. The van der Waals surface area contributed by atoms with Crippen LogP contribution in [0, 0.1) is 0 Å². The Kier molecular flexibility index (Phi) is 8.65. The second-order valence-electron chi connectivity index (χ2n) is 13.1. The molecule has 46 heavy (non-hydrogen) atoms. The molecule has 7 rings (SSSR count). The van der Waals surface area contributed by atoms with Gasteiger partial charge in [-0.25, -0.2) is 4.98 Å². The number of piperazine rings is 1. The van der Waals surface area contributed by atoms with Crippen LogP contribution in [-0.4, -0.2) is 101 Å². The predicted octanol–water partition coefficient (Wildman–Crippen LogP) is 5.67. The molecule has 3 aliphatic heterocycles. The molecule has 0 amide bonds. The van der Waals surface area contributed by atoms with Gasteiger partial charge in [-0.3, -0.25) is 14.9 Å². The van der Waals surface area contributed by atoms with Gasteiger partial charge in [-0.05, 0) is 93.3 Å². The Morgan fingerprint density at radius 3 is 2.57 bits per heavy atom. The van der Waals surface area contributed by atoms with Crippen molar-refractivity contribution in [3.8, 4) is 5.75 Å². The number of nitrogens with one attached hydrogen (secondary N) is 2. The molecule has 0 aliphatic carbocycles. The summed E-state index contributed by atoms with van der Waals surface area (Å²) in [6.45, 7) is 14.3. The van der Waals surface area contributed by atoms with Crippen LogP contribution < -0.4 is 25.6 Å². The standard InChI is InChI=1S/C33H41BrN9O2P/c1-21(2)41-13-9-23(10-14-41)42-15-16-43-24(19-42)20-45-29-17-22(5-8-28(29)43)38-33-37-18-25(34)32(40-33)39-27-7-6-26-30(36-12-11-35-26)31(27)46(3,4)44/h5-8,11-12,17-18,21,23-24H,9-10,13-16,19-20H2,1-4H3,(H2,37,38,39,40). The minimum Gasteiger partial charge on any atom is -0.489 e. The number of likely N-dealkylation sites (tertiary alicyclic amines) is 1. The number of anilines is 5. The molecule has 2 N–H and O–H groups in total. The maximum Gasteiger partial charge on any atom is 0.229 e. The smallest absolute Gasteiger partial charge is 0.229 e. The molecule has 2 saturated heterocycles. The summed E-state index contributed by atoms with van der Waals surface area (Å²) in [6.07, 6.45) is 7.46. The summed E-state index contributed by atoms with van der Waals surface area (Å²) in [6, 6.07) is 11.6. The summed E-state index contributed by atoms with van der Waals surface area (Å²) in [5, 5.41) is 7.35. The van der Waals surface area contributed by atoms with Crippen LogP contribution in [0.3, 0.4) is 0 Å². The van der Waals surface area contributed by atoms with E-state index < -0.39 is 7.14 Å². The van der Waals surface area contributed by atoms with Crippen molar-refractivity contribution in [1.29, 1.82) is 0 Å². The number of nitrogens with zero attached hydrogens (tertiary/aromatic N) is 7. The summed E-state index contributed by atoms with van der Waals surface area (Å²) in [7, 11) is -2.72. The first-order valence-electron chi connectivity index (χ1n) is 16.0. The molecule has 3 aliphatic rings. The molecule has 2 aromatic heterocycles. The highest BCUT2D eigenvalue weighted by atomic mass is 79.9. The topological polar surface area (TPSA) is 112 Å². The van der Waals surface area contributed by atoms with Crippen LogP contribution in [0.25, 0.3) is 11.0 Å². The lowest BCUT2D eigenvalue weighted by Crippen LogP contribution is -2.60. The Hall–Kier alpha value is -3.31. The number of aromatic nitrogens is 4. The summed E-state index contributed by atoms with van der Waals surface area (Å²) >= 11 is 3.57. The fraction of sp³-hybridized carbons (Fsp3) is 0.455. The molecule has 0 saturated carbocycles. The molecule has 11 nitrogen and oxygen atoms in total. The van der Waals surface area contributed by atoms with E-state index in [0.717, 1.165) is 36.8 Å². The highest BCUT2D eigenvalue weighted by Gasteiger charge is 2.36. The van der Waals surface area contributed by atoms with Crippen LogP contribution in [0.15, 0.2) is 53.4 Å². The number of rotatable bonds is 7. The zero-order valence-electron chi connectivity index (χ0n) is 26.8. The number of hydrogen-bond donors (Lipinski definition) is 2. The number of ether oxygens (including phenoxy) is 1. The van der Waals surface area contributed by atoms with E-state index >= 15 is 0 Å². The average molecular weight is 707 g/mol. The largest absolute Gasteiger partial charge is 0.489 e. The van der Waals surface area contributed by atoms with E-state index in [0.29, 0.717) is 63.0 Å². The number of benzene rings is 2. The fourth-order valence-corrected chi connectivity index (χ4v) is 8.69. The van der Waals surface area contributed by atoms with Crippen LogP contribution in [0.1, 0.15) is 26.7 Å². The molecule has 4 aromatic rings. The van der Waals surface area contributed by atoms with Gasteiger partial charge >= 0.3 is 0 Å². The molecule has 0 spiro atoms. The summed E-state index contributed by atoms with van der Waals surface area (Å²) in [5.41, 5.74) is 3.97. The third-order valence-corrected chi connectivity index (χ3v) is 11.5. The van der Waals surface area contributed by atoms with Crippen LogP contribution in [0.2, 0.25) is 0 Å². The highest BCUT2D eigenvalue weighted by molar-refractivity contribution is 9.10. The second-order valence-corrected chi connectivity index (χ2v) is 17.1. The van der Waals surface area contributed by atoms with E-state index in [-0.39, 0.29) is 0 Å².